The van der Waals surface area contributed by atoms with E-state index < -0.39 is 0 Å². The smallest absolute Gasteiger partial charge is 0.313 e. The van der Waals surface area contributed by atoms with Gasteiger partial charge in [-0.1, -0.05) is 43.6 Å². The van der Waals surface area contributed by atoms with E-state index in [4.69, 9.17) is 21.1 Å². The number of esters is 1. The first-order chi connectivity index (χ1) is 11.9. The van der Waals surface area contributed by atoms with E-state index >= 15 is 0 Å². The Morgan fingerprint density at radius 3 is 2.64 bits per heavy atom. The van der Waals surface area contributed by atoms with E-state index in [0.29, 0.717) is 33.2 Å². The standard InChI is InChI=1S/C20H17ClO4/c1-11(2)20(23)24-14-8-12(3)18-16(10-14)25-17(19(18)22)9-13-6-4-5-7-15(13)21/h4-11H,1-3H3/b17-9-. The second kappa shape index (κ2) is 6.73. The molecule has 0 spiro atoms. The quantitative estimate of drug-likeness (QED) is 0.449. The third kappa shape index (κ3) is 3.44. The second-order valence-electron chi connectivity index (χ2n) is 6.15. The summed E-state index contributed by atoms with van der Waals surface area (Å²) < 4.78 is 11.0. The molecule has 0 fully saturated rings. The molecule has 0 saturated heterocycles. The van der Waals surface area contributed by atoms with Crippen molar-refractivity contribution in [3.05, 3.63) is 63.9 Å². The van der Waals surface area contributed by atoms with Gasteiger partial charge in [0.05, 0.1) is 11.5 Å². The summed E-state index contributed by atoms with van der Waals surface area (Å²) in [5, 5.41) is 0.533. The number of carbonyl (C=O) groups is 2. The van der Waals surface area contributed by atoms with E-state index in [1.165, 1.54) is 0 Å². The van der Waals surface area contributed by atoms with Crippen LogP contribution in [0.3, 0.4) is 0 Å². The summed E-state index contributed by atoms with van der Waals surface area (Å²) in [5.74, 6) is 0.145. The zero-order valence-electron chi connectivity index (χ0n) is 14.1. The first-order valence-electron chi connectivity index (χ1n) is 7.92. The number of carbonyl (C=O) groups excluding carboxylic acids is 2. The number of hydrogen-bond acceptors (Lipinski definition) is 4. The number of allylic oxidation sites excluding steroid dienone is 1. The van der Waals surface area contributed by atoms with Crippen molar-refractivity contribution in [3.8, 4) is 11.5 Å². The van der Waals surface area contributed by atoms with Gasteiger partial charge in [-0.25, -0.2) is 0 Å². The summed E-state index contributed by atoms with van der Waals surface area (Å²) in [7, 11) is 0. The summed E-state index contributed by atoms with van der Waals surface area (Å²) in [6, 6.07) is 10.4. The molecule has 0 amide bonds. The maximum atomic E-state index is 12.6. The molecule has 0 N–H and O–H groups in total. The molecule has 128 valence electrons. The van der Waals surface area contributed by atoms with Crippen LogP contribution in [0.1, 0.15) is 35.3 Å². The highest BCUT2D eigenvalue weighted by molar-refractivity contribution is 6.32. The average molecular weight is 357 g/mol. The van der Waals surface area contributed by atoms with E-state index in [-0.39, 0.29) is 23.4 Å². The molecular formula is C20H17ClO4. The van der Waals surface area contributed by atoms with Gasteiger partial charge in [0.25, 0.3) is 0 Å². The number of rotatable bonds is 3. The highest BCUT2D eigenvalue weighted by Crippen LogP contribution is 2.38. The maximum Gasteiger partial charge on any atom is 0.313 e. The molecule has 0 atom stereocenters. The number of hydrogen-bond donors (Lipinski definition) is 0. The third-order valence-corrected chi connectivity index (χ3v) is 4.17. The van der Waals surface area contributed by atoms with Crippen LogP contribution in [0.5, 0.6) is 11.5 Å². The van der Waals surface area contributed by atoms with Gasteiger partial charge in [-0.05, 0) is 36.3 Å². The van der Waals surface area contributed by atoms with E-state index in [0.717, 1.165) is 0 Å². The normalized spacial score (nSPS) is 14.6. The van der Waals surface area contributed by atoms with Gasteiger partial charge in [-0.2, -0.15) is 0 Å². The second-order valence-corrected chi connectivity index (χ2v) is 6.56. The number of aryl methyl sites for hydroxylation is 1. The molecule has 0 unspecified atom stereocenters. The van der Waals surface area contributed by atoms with Gasteiger partial charge in [0.15, 0.2) is 5.76 Å². The summed E-state index contributed by atoms with van der Waals surface area (Å²) in [5.41, 5.74) is 1.86. The predicted octanol–water partition coefficient (Wildman–Crippen LogP) is 4.83. The third-order valence-electron chi connectivity index (χ3n) is 3.83. The Morgan fingerprint density at radius 1 is 1.24 bits per heavy atom. The molecule has 0 saturated carbocycles. The minimum absolute atomic E-state index is 0.193. The number of ketones is 1. The van der Waals surface area contributed by atoms with E-state index in [9.17, 15) is 9.59 Å². The van der Waals surface area contributed by atoms with Gasteiger partial charge < -0.3 is 9.47 Å². The summed E-state index contributed by atoms with van der Waals surface area (Å²) in [6.07, 6.45) is 1.61. The summed E-state index contributed by atoms with van der Waals surface area (Å²) in [4.78, 5) is 24.4. The fourth-order valence-corrected chi connectivity index (χ4v) is 2.69. The highest BCUT2D eigenvalue weighted by atomic mass is 35.5. The van der Waals surface area contributed by atoms with Gasteiger partial charge >= 0.3 is 5.97 Å². The van der Waals surface area contributed by atoms with Gasteiger partial charge in [-0.3, -0.25) is 9.59 Å². The van der Waals surface area contributed by atoms with Crippen molar-refractivity contribution in [2.24, 2.45) is 5.92 Å². The van der Waals surface area contributed by atoms with Gasteiger partial charge in [0.2, 0.25) is 5.78 Å². The molecule has 0 aliphatic carbocycles. The van der Waals surface area contributed by atoms with Crippen molar-refractivity contribution in [1.82, 2.24) is 0 Å². The number of halogens is 1. The molecule has 1 aliphatic heterocycles. The minimum atomic E-state index is -0.337. The lowest BCUT2D eigenvalue weighted by Crippen LogP contribution is -2.14. The van der Waals surface area contributed by atoms with Crippen LogP contribution in [0.25, 0.3) is 6.08 Å². The number of ether oxygens (including phenoxy) is 2. The zero-order valence-corrected chi connectivity index (χ0v) is 14.9. The Bertz CT molecular complexity index is 897. The maximum absolute atomic E-state index is 12.6. The number of Topliss-reactive ketones (excluding diaryl/α,β-unsaturated/α-hetero) is 1. The monoisotopic (exact) mass is 356 g/mol. The van der Waals surface area contributed by atoms with E-state index in [1.807, 2.05) is 12.1 Å². The van der Waals surface area contributed by atoms with Crippen LogP contribution >= 0.6 is 11.6 Å². The lowest BCUT2D eigenvalue weighted by Gasteiger charge is -2.09. The molecular weight excluding hydrogens is 340 g/mol. The Labute approximate surface area is 151 Å². The molecule has 1 aliphatic rings. The van der Waals surface area contributed by atoms with Gasteiger partial charge in [0, 0.05) is 11.1 Å². The molecule has 5 heteroatoms. The molecule has 0 radical (unpaired) electrons. The van der Waals surface area contributed by atoms with Crippen LogP contribution < -0.4 is 9.47 Å². The molecule has 3 rings (SSSR count). The van der Waals surface area contributed by atoms with Crippen molar-refractivity contribution in [2.75, 3.05) is 0 Å². The van der Waals surface area contributed by atoms with Crippen molar-refractivity contribution >= 4 is 29.4 Å². The fourth-order valence-electron chi connectivity index (χ4n) is 2.50. The Morgan fingerprint density at radius 2 is 1.96 bits per heavy atom. The molecule has 25 heavy (non-hydrogen) atoms. The first-order valence-corrected chi connectivity index (χ1v) is 8.29. The van der Waals surface area contributed by atoms with Crippen LogP contribution in [-0.4, -0.2) is 11.8 Å². The molecule has 4 nitrogen and oxygen atoms in total. The Balaban J connectivity index is 1.95. The number of fused-ring (bicyclic) bond motifs is 1. The van der Waals surface area contributed by atoms with Gasteiger partial charge in [-0.15, -0.1) is 0 Å². The van der Waals surface area contributed by atoms with Crippen molar-refractivity contribution < 1.29 is 19.1 Å². The van der Waals surface area contributed by atoms with Crippen LogP contribution in [0.15, 0.2) is 42.2 Å². The molecule has 1 heterocycles. The van der Waals surface area contributed by atoms with Crippen LogP contribution in [0.4, 0.5) is 0 Å². The van der Waals surface area contributed by atoms with Crippen molar-refractivity contribution in [2.45, 2.75) is 20.8 Å². The fraction of sp³-hybridized carbons (Fsp3) is 0.200. The topological polar surface area (TPSA) is 52.6 Å². The summed E-state index contributed by atoms with van der Waals surface area (Å²) in [6.45, 7) is 5.30. The molecule has 0 bridgehead atoms. The van der Waals surface area contributed by atoms with E-state index in [1.54, 1.807) is 51.1 Å². The minimum Gasteiger partial charge on any atom is -0.452 e. The Kier molecular flexibility index (Phi) is 4.64. The lowest BCUT2D eigenvalue weighted by molar-refractivity contribution is -0.137. The lowest BCUT2D eigenvalue weighted by atomic mass is 10.0. The van der Waals surface area contributed by atoms with Crippen molar-refractivity contribution in [3.63, 3.8) is 0 Å². The average Bonchev–Trinajstić information content (AvgIpc) is 2.86. The van der Waals surface area contributed by atoms with Crippen LogP contribution in [0.2, 0.25) is 5.02 Å². The van der Waals surface area contributed by atoms with Crippen LogP contribution in [0, 0.1) is 12.8 Å². The van der Waals surface area contributed by atoms with Crippen molar-refractivity contribution in [1.29, 1.82) is 0 Å². The molecule has 0 aromatic heterocycles. The molecule has 2 aromatic carbocycles. The zero-order chi connectivity index (χ0) is 18.1. The Hall–Kier alpha value is -2.59. The highest BCUT2D eigenvalue weighted by Gasteiger charge is 2.30. The number of benzene rings is 2. The largest absolute Gasteiger partial charge is 0.452 e. The molecule has 2 aromatic rings. The summed E-state index contributed by atoms with van der Waals surface area (Å²) >= 11 is 6.14. The first kappa shape index (κ1) is 17.2. The predicted molar refractivity (Wildman–Crippen MR) is 96.0 cm³/mol. The van der Waals surface area contributed by atoms with E-state index in [2.05, 4.69) is 0 Å². The van der Waals surface area contributed by atoms with Gasteiger partial charge in [0.1, 0.15) is 11.5 Å². The van der Waals surface area contributed by atoms with Crippen LogP contribution in [-0.2, 0) is 4.79 Å². The SMILES string of the molecule is Cc1cc(OC(=O)C(C)C)cc2c1C(=O)/C(=C/c1ccccc1Cl)O2.